The number of hydrogen-bond donors (Lipinski definition) is 2. The molecule has 3 atom stereocenters. The molecule has 2 rings (SSSR count). The van der Waals surface area contributed by atoms with Crippen LogP contribution in [0.2, 0.25) is 0 Å². The van der Waals surface area contributed by atoms with Crippen LogP contribution >= 0.6 is 0 Å². The first-order chi connectivity index (χ1) is 9.71. The Morgan fingerprint density at radius 2 is 1.95 bits per heavy atom. The molecule has 4 heteroatoms. The molecule has 0 bridgehead atoms. The molecule has 2 N–H and O–H groups in total. The minimum atomic E-state index is -1.20. The molecule has 2 heterocycles. The van der Waals surface area contributed by atoms with Gasteiger partial charge >= 0.3 is 0 Å². The number of aryl methyl sites for hydroxylation is 1. The Morgan fingerprint density at radius 1 is 1.24 bits per heavy atom. The lowest BCUT2D eigenvalue weighted by Crippen LogP contribution is -2.39. The van der Waals surface area contributed by atoms with Gasteiger partial charge in [0.05, 0.1) is 17.3 Å². The summed E-state index contributed by atoms with van der Waals surface area (Å²) in [6.45, 7) is 7.32. The van der Waals surface area contributed by atoms with Crippen LogP contribution in [0.4, 0.5) is 0 Å². The van der Waals surface area contributed by atoms with Crippen LogP contribution in [0.25, 0.3) is 0 Å². The van der Waals surface area contributed by atoms with Crippen LogP contribution in [0.1, 0.15) is 45.0 Å². The van der Waals surface area contributed by atoms with Crippen LogP contribution in [-0.4, -0.2) is 33.1 Å². The smallest absolute Gasteiger partial charge is 0.107 e. The van der Waals surface area contributed by atoms with E-state index in [2.05, 4.69) is 9.98 Å². The molecule has 0 amide bonds. The van der Waals surface area contributed by atoms with Gasteiger partial charge in [-0.2, -0.15) is 0 Å². The first-order valence-corrected chi connectivity index (χ1v) is 7.33. The van der Waals surface area contributed by atoms with E-state index in [0.717, 1.165) is 17.7 Å². The van der Waals surface area contributed by atoms with Gasteiger partial charge in [0.1, 0.15) is 5.60 Å². The third-order valence-corrected chi connectivity index (χ3v) is 3.90. The summed E-state index contributed by atoms with van der Waals surface area (Å²) in [7, 11) is 0. The number of aliphatic imine (C=N–C) groups is 1. The van der Waals surface area contributed by atoms with Crippen molar-refractivity contribution in [2.24, 2.45) is 4.99 Å². The Labute approximate surface area is 126 Å². The molecule has 114 valence electrons. The van der Waals surface area contributed by atoms with Gasteiger partial charge in [-0.05, 0) is 51.8 Å². The molecule has 0 saturated heterocycles. The number of aliphatic hydroxyl groups is 2. The summed E-state index contributed by atoms with van der Waals surface area (Å²) in [5.41, 5.74) is -0.163. The zero-order valence-electron chi connectivity index (χ0n) is 13.2. The predicted molar refractivity (Wildman–Crippen MR) is 84.4 cm³/mol. The van der Waals surface area contributed by atoms with Gasteiger partial charge in [-0.25, -0.2) is 0 Å². The van der Waals surface area contributed by atoms with Gasteiger partial charge in [0.15, 0.2) is 0 Å². The van der Waals surface area contributed by atoms with Crippen molar-refractivity contribution >= 4 is 6.21 Å². The first-order valence-electron chi connectivity index (χ1n) is 7.33. The fourth-order valence-electron chi connectivity index (χ4n) is 2.68. The number of pyridine rings is 1. The normalized spacial score (nSPS) is 24.1. The Hall–Kier alpha value is -1.52. The van der Waals surface area contributed by atoms with E-state index in [1.807, 2.05) is 32.1 Å². The molecule has 4 nitrogen and oxygen atoms in total. The molecule has 0 fully saturated rings. The highest BCUT2D eigenvalue weighted by Crippen LogP contribution is 2.33. The van der Waals surface area contributed by atoms with E-state index in [0.29, 0.717) is 5.69 Å². The van der Waals surface area contributed by atoms with Crippen molar-refractivity contribution < 1.29 is 10.2 Å². The van der Waals surface area contributed by atoms with E-state index < -0.39 is 11.2 Å². The Bertz CT molecular complexity index is 574. The third-order valence-electron chi connectivity index (χ3n) is 3.90. The lowest BCUT2D eigenvalue weighted by molar-refractivity contribution is -0.0305. The van der Waals surface area contributed by atoms with Gasteiger partial charge in [0, 0.05) is 18.3 Å². The number of dihydropyridines is 1. The Morgan fingerprint density at radius 3 is 2.52 bits per heavy atom. The van der Waals surface area contributed by atoms with Crippen LogP contribution in [0.3, 0.4) is 0 Å². The summed E-state index contributed by atoms with van der Waals surface area (Å²) < 4.78 is 0. The van der Waals surface area contributed by atoms with E-state index in [9.17, 15) is 10.2 Å². The molecule has 1 aromatic rings. The quantitative estimate of drug-likeness (QED) is 0.894. The number of nitrogens with zero attached hydrogens (tertiary/aromatic N) is 2. The van der Waals surface area contributed by atoms with Crippen molar-refractivity contribution in [2.75, 3.05) is 0 Å². The van der Waals surface area contributed by atoms with Crippen molar-refractivity contribution in [2.45, 2.75) is 57.8 Å². The van der Waals surface area contributed by atoms with Gasteiger partial charge in [0.25, 0.3) is 0 Å². The van der Waals surface area contributed by atoms with Crippen LogP contribution in [0.15, 0.2) is 34.8 Å². The second-order valence-corrected chi connectivity index (χ2v) is 6.41. The zero-order chi connectivity index (χ0) is 15.7. The average molecular weight is 288 g/mol. The van der Waals surface area contributed by atoms with Crippen LogP contribution < -0.4 is 0 Å². The maximum Gasteiger partial charge on any atom is 0.107 e. The molecule has 21 heavy (non-hydrogen) atoms. The molecule has 0 aliphatic carbocycles. The molecule has 0 radical (unpaired) electrons. The van der Waals surface area contributed by atoms with Gasteiger partial charge in [-0.1, -0.05) is 12.1 Å². The lowest BCUT2D eigenvalue weighted by Gasteiger charge is -2.34. The van der Waals surface area contributed by atoms with Gasteiger partial charge in [0.2, 0.25) is 0 Å². The molecular weight excluding hydrogens is 264 g/mol. The second-order valence-electron chi connectivity index (χ2n) is 6.41. The van der Waals surface area contributed by atoms with E-state index in [1.54, 1.807) is 26.1 Å². The highest BCUT2D eigenvalue weighted by Gasteiger charge is 2.37. The summed E-state index contributed by atoms with van der Waals surface area (Å²) in [5.74, 6) is 0. The second kappa shape index (κ2) is 5.70. The molecule has 1 aliphatic rings. The SMILES string of the molecule is Cc1cccc(C(C)(O)CC(C)(O)C2=CCC(C)N=C2)n1. The van der Waals surface area contributed by atoms with Gasteiger partial charge in [-0.15, -0.1) is 0 Å². The van der Waals surface area contributed by atoms with E-state index in [4.69, 9.17) is 0 Å². The minimum Gasteiger partial charge on any atom is -0.385 e. The van der Waals surface area contributed by atoms with Crippen molar-refractivity contribution in [1.29, 1.82) is 0 Å². The number of hydrogen-bond acceptors (Lipinski definition) is 4. The molecule has 0 spiro atoms. The maximum absolute atomic E-state index is 10.7. The summed E-state index contributed by atoms with van der Waals surface area (Å²) in [6, 6.07) is 5.79. The molecule has 0 saturated carbocycles. The van der Waals surface area contributed by atoms with Crippen molar-refractivity contribution in [3.8, 4) is 0 Å². The van der Waals surface area contributed by atoms with Gasteiger partial charge in [-0.3, -0.25) is 9.98 Å². The van der Waals surface area contributed by atoms with Crippen LogP contribution in [0.5, 0.6) is 0 Å². The third kappa shape index (κ3) is 3.77. The minimum absolute atomic E-state index is 0.169. The monoisotopic (exact) mass is 288 g/mol. The summed E-state index contributed by atoms with van der Waals surface area (Å²) in [6.07, 6.45) is 4.70. The standard InChI is InChI=1S/C17H24N2O2/c1-12-8-9-14(10-18-12)16(3,20)11-17(4,21)15-7-5-6-13(2)19-15/h5-7,9-10,12,20-21H,8,11H2,1-4H3. The summed E-state index contributed by atoms with van der Waals surface area (Å²) in [5, 5.41) is 21.5. The molecule has 3 unspecified atom stereocenters. The van der Waals surface area contributed by atoms with Crippen LogP contribution in [-0.2, 0) is 5.60 Å². The lowest BCUT2D eigenvalue weighted by atomic mass is 9.81. The summed E-state index contributed by atoms with van der Waals surface area (Å²) in [4.78, 5) is 8.72. The fourth-order valence-corrected chi connectivity index (χ4v) is 2.68. The topological polar surface area (TPSA) is 65.7 Å². The van der Waals surface area contributed by atoms with E-state index in [1.165, 1.54) is 0 Å². The van der Waals surface area contributed by atoms with Crippen molar-refractivity contribution in [1.82, 2.24) is 4.98 Å². The van der Waals surface area contributed by atoms with E-state index in [-0.39, 0.29) is 12.5 Å². The molecule has 1 aromatic heterocycles. The highest BCUT2D eigenvalue weighted by atomic mass is 16.3. The van der Waals surface area contributed by atoms with E-state index >= 15 is 0 Å². The Kier molecular flexibility index (Phi) is 4.30. The zero-order valence-corrected chi connectivity index (χ0v) is 13.2. The summed E-state index contributed by atoms with van der Waals surface area (Å²) >= 11 is 0. The van der Waals surface area contributed by atoms with Crippen molar-refractivity contribution in [3.63, 3.8) is 0 Å². The largest absolute Gasteiger partial charge is 0.385 e. The first kappa shape index (κ1) is 15.9. The number of aromatic nitrogens is 1. The average Bonchev–Trinajstić information content (AvgIpc) is 2.38. The Balaban J connectivity index is 2.21. The van der Waals surface area contributed by atoms with Crippen molar-refractivity contribution in [3.05, 3.63) is 41.2 Å². The predicted octanol–water partition coefficient (Wildman–Crippen LogP) is 2.53. The fraction of sp³-hybridized carbons (Fsp3) is 0.529. The molecule has 0 aromatic carbocycles. The number of rotatable bonds is 4. The van der Waals surface area contributed by atoms with Gasteiger partial charge < -0.3 is 10.2 Å². The highest BCUT2D eigenvalue weighted by molar-refractivity contribution is 5.82. The molecular formula is C17H24N2O2. The van der Waals surface area contributed by atoms with Crippen LogP contribution in [0, 0.1) is 6.92 Å². The maximum atomic E-state index is 10.7. The molecule has 1 aliphatic heterocycles.